The van der Waals surface area contributed by atoms with Crippen molar-refractivity contribution in [2.45, 2.75) is 13.3 Å². The predicted octanol–water partition coefficient (Wildman–Crippen LogP) is 6.20. The van der Waals surface area contributed by atoms with Crippen LogP contribution in [0.2, 0.25) is 0 Å². The molecule has 4 aromatic carbocycles. The molecule has 0 atom stereocenters. The summed E-state index contributed by atoms with van der Waals surface area (Å²) in [4.78, 5) is 0. The highest BCUT2D eigenvalue weighted by Crippen LogP contribution is 2.37. The summed E-state index contributed by atoms with van der Waals surface area (Å²) in [5.41, 5.74) is 4.10. The summed E-state index contributed by atoms with van der Waals surface area (Å²) >= 11 is 0. The normalized spacial score (nSPS) is 11.9. The zero-order valence-electron chi connectivity index (χ0n) is 14.0. The van der Waals surface area contributed by atoms with Crippen molar-refractivity contribution in [3.8, 4) is 0 Å². The van der Waals surface area contributed by atoms with Crippen molar-refractivity contribution >= 4 is 43.4 Å². The smallest absolute Gasteiger partial charge is 0.0521 e. The molecule has 0 aliphatic carbocycles. The standard InChI is InChI=1S/C23H19N/c1-3-15-9-6-10-19-22-20-14-17-8-5-4-7-16(17)13-18(20)11-12-21(22)24(2)23(15)19/h4-14H,3H2,1-2H3. The molecular weight excluding hydrogens is 290 g/mol. The van der Waals surface area contributed by atoms with Gasteiger partial charge < -0.3 is 4.57 Å². The molecule has 0 saturated heterocycles. The molecule has 1 heterocycles. The van der Waals surface area contributed by atoms with Crippen molar-refractivity contribution in [2.75, 3.05) is 0 Å². The van der Waals surface area contributed by atoms with E-state index >= 15 is 0 Å². The Morgan fingerprint density at radius 2 is 1.54 bits per heavy atom. The maximum atomic E-state index is 2.36. The number of nitrogens with zero attached hydrogens (tertiary/aromatic N) is 1. The molecule has 0 aliphatic heterocycles. The van der Waals surface area contributed by atoms with Crippen LogP contribution in [0.5, 0.6) is 0 Å². The van der Waals surface area contributed by atoms with Crippen molar-refractivity contribution in [1.82, 2.24) is 4.57 Å². The van der Waals surface area contributed by atoms with Crippen LogP contribution in [0.25, 0.3) is 43.4 Å². The summed E-state index contributed by atoms with van der Waals surface area (Å²) < 4.78 is 2.36. The van der Waals surface area contributed by atoms with E-state index < -0.39 is 0 Å². The Balaban J connectivity index is 2.07. The second kappa shape index (κ2) is 4.85. The van der Waals surface area contributed by atoms with Gasteiger partial charge in [-0.1, -0.05) is 55.5 Å². The lowest BCUT2D eigenvalue weighted by Gasteiger charge is -2.05. The van der Waals surface area contributed by atoms with Crippen molar-refractivity contribution in [3.63, 3.8) is 0 Å². The summed E-state index contributed by atoms with van der Waals surface area (Å²) in [7, 11) is 2.19. The van der Waals surface area contributed by atoms with Gasteiger partial charge in [-0.3, -0.25) is 0 Å². The van der Waals surface area contributed by atoms with E-state index in [1.54, 1.807) is 0 Å². The molecule has 0 N–H and O–H groups in total. The Hall–Kier alpha value is -2.80. The monoisotopic (exact) mass is 309 g/mol. The number of aryl methyl sites for hydroxylation is 2. The molecular formula is C23H19N. The van der Waals surface area contributed by atoms with Gasteiger partial charge in [-0.2, -0.15) is 0 Å². The van der Waals surface area contributed by atoms with E-state index in [1.165, 1.54) is 48.9 Å². The Kier molecular flexibility index (Phi) is 2.75. The number of hydrogen-bond acceptors (Lipinski definition) is 0. The van der Waals surface area contributed by atoms with E-state index in [0.717, 1.165) is 6.42 Å². The van der Waals surface area contributed by atoms with Crippen molar-refractivity contribution in [3.05, 3.63) is 72.3 Å². The van der Waals surface area contributed by atoms with Crippen LogP contribution < -0.4 is 0 Å². The van der Waals surface area contributed by atoms with Gasteiger partial charge in [0.05, 0.1) is 5.52 Å². The highest BCUT2D eigenvalue weighted by molar-refractivity contribution is 6.22. The third-order valence-electron chi connectivity index (χ3n) is 5.33. The molecule has 0 bridgehead atoms. The van der Waals surface area contributed by atoms with E-state index in [4.69, 9.17) is 0 Å². The summed E-state index contributed by atoms with van der Waals surface area (Å²) in [5, 5.41) is 8.03. The van der Waals surface area contributed by atoms with Gasteiger partial charge in [0.25, 0.3) is 0 Å². The lowest BCUT2D eigenvalue weighted by atomic mass is 9.99. The molecule has 116 valence electrons. The van der Waals surface area contributed by atoms with Crippen LogP contribution in [0.15, 0.2) is 66.7 Å². The fourth-order valence-corrected chi connectivity index (χ4v) is 4.16. The Labute approximate surface area is 141 Å². The molecule has 24 heavy (non-hydrogen) atoms. The molecule has 1 nitrogen and oxygen atoms in total. The second-order valence-corrected chi connectivity index (χ2v) is 6.61. The number of para-hydroxylation sites is 1. The zero-order valence-corrected chi connectivity index (χ0v) is 14.0. The van der Waals surface area contributed by atoms with Gasteiger partial charge in [0.1, 0.15) is 0 Å². The molecule has 0 radical (unpaired) electrons. The van der Waals surface area contributed by atoms with Crippen LogP contribution in [-0.4, -0.2) is 4.57 Å². The molecule has 0 spiro atoms. The first-order valence-electron chi connectivity index (χ1n) is 8.59. The van der Waals surface area contributed by atoms with Gasteiger partial charge >= 0.3 is 0 Å². The third-order valence-corrected chi connectivity index (χ3v) is 5.33. The minimum Gasteiger partial charge on any atom is -0.343 e. The number of hydrogen-bond donors (Lipinski definition) is 0. The van der Waals surface area contributed by atoms with Gasteiger partial charge in [0, 0.05) is 23.3 Å². The van der Waals surface area contributed by atoms with Gasteiger partial charge in [-0.25, -0.2) is 0 Å². The Morgan fingerprint density at radius 1 is 0.750 bits per heavy atom. The zero-order chi connectivity index (χ0) is 16.3. The fourth-order valence-electron chi connectivity index (χ4n) is 4.16. The minimum absolute atomic E-state index is 1.06. The molecule has 0 saturated carbocycles. The number of rotatable bonds is 1. The van der Waals surface area contributed by atoms with Crippen LogP contribution in [-0.2, 0) is 13.5 Å². The Morgan fingerprint density at radius 3 is 2.33 bits per heavy atom. The third kappa shape index (κ3) is 1.70. The first kappa shape index (κ1) is 13.6. The summed E-state index contributed by atoms with van der Waals surface area (Å²) in [5.74, 6) is 0. The highest BCUT2D eigenvalue weighted by Gasteiger charge is 2.13. The quantitative estimate of drug-likeness (QED) is 0.325. The summed E-state index contributed by atoms with van der Waals surface area (Å²) in [6, 6.07) is 24.5. The predicted molar refractivity (Wildman–Crippen MR) is 105 cm³/mol. The highest BCUT2D eigenvalue weighted by atomic mass is 14.9. The second-order valence-electron chi connectivity index (χ2n) is 6.61. The molecule has 0 aliphatic rings. The van der Waals surface area contributed by atoms with Crippen molar-refractivity contribution in [2.24, 2.45) is 7.05 Å². The summed E-state index contributed by atoms with van der Waals surface area (Å²) in [6.45, 7) is 2.23. The van der Waals surface area contributed by atoms with Gasteiger partial charge in [0.2, 0.25) is 0 Å². The lowest BCUT2D eigenvalue weighted by molar-refractivity contribution is 0.995. The number of aromatic nitrogens is 1. The van der Waals surface area contributed by atoms with E-state index in [1.807, 2.05) is 0 Å². The molecule has 1 heteroatoms. The van der Waals surface area contributed by atoms with Crippen molar-refractivity contribution < 1.29 is 0 Å². The fraction of sp³-hybridized carbons (Fsp3) is 0.130. The topological polar surface area (TPSA) is 4.93 Å². The first-order valence-corrected chi connectivity index (χ1v) is 8.59. The van der Waals surface area contributed by atoms with E-state index in [2.05, 4.69) is 85.3 Å². The van der Waals surface area contributed by atoms with E-state index in [-0.39, 0.29) is 0 Å². The molecule has 0 fully saturated rings. The minimum atomic E-state index is 1.06. The lowest BCUT2D eigenvalue weighted by Crippen LogP contribution is -1.91. The number of fused-ring (bicyclic) bond motifs is 6. The SMILES string of the molecule is CCc1cccc2c3c4cc5ccccc5cc4ccc3n(C)c12. The van der Waals surface area contributed by atoms with Crippen LogP contribution in [0, 0.1) is 0 Å². The average molecular weight is 309 g/mol. The van der Waals surface area contributed by atoms with Crippen LogP contribution in [0.3, 0.4) is 0 Å². The van der Waals surface area contributed by atoms with Crippen LogP contribution in [0.4, 0.5) is 0 Å². The van der Waals surface area contributed by atoms with E-state index in [0.29, 0.717) is 0 Å². The largest absolute Gasteiger partial charge is 0.343 e. The maximum absolute atomic E-state index is 2.36. The molecule has 0 unspecified atom stereocenters. The molecule has 0 amide bonds. The number of benzene rings is 4. The van der Waals surface area contributed by atoms with Gasteiger partial charge in [0.15, 0.2) is 0 Å². The van der Waals surface area contributed by atoms with Gasteiger partial charge in [-0.05, 0) is 51.7 Å². The maximum Gasteiger partial charge on any atom is 0.0521 e. The van der Waals surface area contributed by atoms with E-state index in [9.17, 15) is 0 Å². The van der Waals surface area contributed by atoms with Crippen LogP contribution >= 0.6 is 0 Å². The average Bonchev–Trinajstić information content (AvgIpc) is 2.93. The molecule has 1 aromatic heterocycles. The molecule has 5 aromatic rings. The summed E-state index contributed by atoms with van der Waals surface area (Å²) in [6.07, 6.45) is 1.06. The Bertz CT molecular complexity index is 1240. The van der Waals surface area contributed by atoms with Crippen LogP contribution in [0.1, 0.15) is 12.5 Å². The molecule has 5 rings (SSSR count). The van der Waals surface area contributed by atoms with Gasteiger partial charge in [-0.15, -0.1) is 0 Å². The van der Waals surface area contributed by atoms with Crippen molar-refractivity contribution in [1.29, 1.82) is 0 Å². The first-order chi connectivity index (χ1) is 11.8.